The molecule has 394 valence electrons. The van der Waals surface area contributed by atoms with Gasteiger partial charge in [0.2, 0.25) is 0 Å². The minimum atomic E-state index is -0.362. The summed E-state index contributed by atoms with van der Waals surface area (Å²) in [5.74, 6) is 11.2. The van der Waals surface area contributed by atoms with Crippen molar-refractivity contribution in [2.45, 2.75) is 273 Å². The van der Waals surface area contributed by atoms with Gasteiger partial charge in [-0.15, -0.1) is 0 Å². The Morgan fingerprint density at radius 1 is 0.463 bits per heavy atom. The quantitative estimate of drug-likeness (QED) is 0.123. The number of hydrogen-bond acceptors (Lipinski definition) is 6. The summed E-state index contributed by atoms with van der Waals surface area (Å²) in [6.45, 7) is 27.1. The Bertz CT molecular complexity index is 1600. The van der Waals surface area contributed by atoms with Crippen molar-refractivity contribution in [2.75, 3.05) is 0 Å². The van der Waals surface area contributed by atoms with Crippen LogP contribution in [0.1, 0.15) is 257 Å². The third kappa shape index (κ3) is 10.8. The molecule has 67 heavy (non-hydrogen) atoms. The van der Waals surface area contributed by atoms with Gasteiger partial charge in [0, 0.05) is 11.3 Å². The molecule has 0 amide bonds. The molecule has 0 saturated heterocycles. The first-order valence-corrected chi connectivity index (χ1v) is 26.1. The third-order valence-corrected chi connectivity index (χ3v) is 21.4. The van der Waals surface area contributed by atoms with Gasteiger partial charge in [-0.05, 0) is 262 Å². The van der Waals surface area contributed by atoms with Gasteiger partial charge in [-0.25, -0.2) is 0 Å². The van der Waals surface area contributed by atoms with Crippen LogP contribution in [0.3, 0.4) is 0 Å². The van der Waals surface area contributed by atoms with Crippen molar-refractivity contribution < 1.29 is 28.6 Å². The second kappa shape index (κ2) is 21.2. The van der Waals surface area contributed by atoms with Crippen LogP contribution in [0.15, 0.2) is 0 Å². The molecule has 12 aliphatic carbocycles. The second-order valence-corrected chi connectivity index (χ2v) is 26.7. The van der Waals surface area contributed by atoms with Crippen LogP contribution in [-0.2, 0) is 28.6 Å². The molecule has 0 aromatic heterocycles. The lowest BCUT2D eigenvalue weighted by atomic mass is 9.46. The summed E-state index contributed by atoms with van der Waals surface area (Å²) in [4.78, 5) is 37.6. The Balaban J connectivity index is 0.000000331. The Kier molecular flexibility index (Phi) is 19.5. The fraction of sp³-hybridized carbons (Fsp3) is 0.951. The number of carbonyl (C=O) groups excluding carboxylic acids is 3. The molecule has 12 aliphatic rings. The van der Waals surface area contributed by atoms with Crippen LogP contribution < -0.4 is 0 Å². The first-order chi connectivity index (χ1) is 28.4. The highest BCUT2D eigenvalue weighted by molar-refractivity contribution is 5.77. The molecule has 0 aromatic rings. The van der Waals surface area contributed by atoms with E-state index in [1.807, 2.05) is 41.5 Å². The van der Waals surface area contributed by atoms with Gasteiger partial charge < -0.3 is 14.2 Å². The van der Waals surface area contributed by atoms with E-state index in [1.54, 1.807) is 0 Å². The highest BCUT2D eigenvalue weighted by Gasteiger charge is 2.67. The molecule has 7 atom stereocenters. The molecule has 0 spiro atoms. The minimum absolute atomic E-state index is 0. The van der Waals surface area contributed by atoms with Gasteiger partial charge in [0.15, 0.2) is 0 Å². The van der Waals surface area contributed by atoms with Crippen molar-refractivity contribution in [1.29, 1.82) is 0 Å². The molecule has 12 rings (SSSR count). The number of esters is 3. The van der Waals surface area contributed by atoms with Crippen LogP contribution in [0.2, 0.25) is 0 Å². The zero-order valence-corrected chi connectivity index (χ0v) is 41.4. The Morgan fingerprint density at radius 3 is 1.28 bits per heavy atom. The molecular formula is C61H114O6. The van der Waals surface area contributed by atoms with Crippen molar-refractivity contribution in [3.63, 3.8) is 0 Å². The molecule has 0 radical (unpaired) electrons. The smallest absolute Gasteiger partial charge is 0.312 e. The predicted molar refractivity (Wildman–Crippen MR) is 283 cm³/mol. The highest BCUT2D eigenvalue weighted by Crippen LogP contribution is 2.70. The van der Waals surface area contributed by atoms with E-state index in [-0.39, 0.29) is 101 Å². The van der Waals surface area contributed by atoms with Crippen LogP contribution in [0.5, 0.6) is 0 Å². The standard InChI is InChI=1S/C19H30O2.C19H32O2.C17H28O2.6CH4/c1-5-18(2,3)17(20)21-19(4)10-13-9-14(19)16-12-7-6-11(8-12)15(13)16;1-6-17(2,3)16(20)21-18(4,5)19-10-13-7-14(11-19)9-15(8-13)12-19;1-5-16(2,3)15(18)19-17(4)13-7-11-6-12(9-13)10-14(17)8-11;;;;;;/h11-16H,5-10H2,1-4H3;13-15H,6-12H2,1-5H3;11-14H,5-10H2,1-4H3;6*1H4. The topological polar surface area (TPSA) is 78.9 Å². The maximum atomic E-state index is 12.6. The molecule has 6 heteroatoms. The summed E-state index contributed by atoms with van der Waals surface area (Å²) < 4.78 is 18.4. The molecule has 0 aromatic carbocycles. The summed E-state index contributed by atoms with van der Waals surface area (Å²) in [6, 6.07) is 0. The lowest BCUT2D eigenvalue weighted by Crippen LogP contribution is -2.58. The molecule has 12 bridgehead atoms. The first-order valence-electron chi connectivity index (χ1n) is 26.1. The van der Waals surface area contributed by atoms with Gasteiger partial charge in [0.25, 0.3) is 0 Å². The van der Waals surface area contributed by atoms with Crippen molar-refractivity contribution >= 4 is 17.9 Å². The average Bonchev–Trinajstić information content (AvgIpc) is 3.97. The van der Waals surface area contributed by atoms with Crippen molar-refractivity contribution in [3.8, 4) is 0 Å². The monoisotopic (exact) mass is 943 g/mol. The van der Waals surface area contributed by atoms with Crippen LogP contribution in [0.4, 0.5) is 0 Å². The van der Waals surface area contributed by atoms with E-state index in [4.69, 9.17) is 14.2 Å². The normalized spacial score (nSPS) is 40.5. The van der Waals surface area contributed by atoms with Crippen LogP contribution in [0, 0.1) is 98.6 Å². The zero-order chi connectivity index (χ0) is 44.3. The second-order valence-electron chi connectivity index (χ2n) is 26.7. The van der Waals surface area contributed by atoms with E-state index in [9.17, 15) is 14.4 Å². The first kappa shape index (κ1) is 61.5. The Labute approximate surface area is 416 Å². The minimum Gasteiger partial charge on any atom is -0.459 e. The predicted octanol–water partition coefficient (Wildman–Crippen LogP) is 17.4. The molecule has 12 fully saturated rings. The average molecular weight is 944 g/mol. The van der Waals surface area contributed by atoms with Gasteiger partial charge in [-0.2, -0.15) is 0 Å². The van der Waals surface area contributed by atoms with E-state index in [2.05, 4.69) is 48.5 Å². The van der Waals surface area contributed by atoms with E-state index in [0.717, 1.165) is 84.9 Å². The summed E-state index contributed by atoms with van der Waals surface area (Å²) in [5.41, 5.74) is -1.43. The van der Waals surface area contributed by atoms with Gasteiger partial charge in [0.05, 0.1) is 16.2 Å². The Morgan fingerprint density at radius 2 is 0.851 bits per heavy atom. The Hall–Kier alpha value is -1.59. The molecule has 0 heterocycles. The third-order valence-electron chi connectivity index (χ3n) is 21.4. The lowest BCUT2D eigenvalue weighted by molar-refractivity contribution is -0.211. The van der Waals surface area contributed by atoms with Gasteiger partial charge in [-0.3, -0.25) is 14.4 Å². The number of hydrogen-bond donors (Lipinski definition) is 0. The molecule has 6 nitrogen and oxygen atoms in total. The molecule has 0 N–H and O–H groups in total. The van der Waals surface area contributed by atoms with E-state index in [0.29, 0.717) is 17.8 Å². The summed E-state index contributed by atoms with van der Waals surface area (Å²) in [5, 5.41) is 0. The maximum Gasteiger partial charge on any atom is 0.312 e. The number of fused-ring (bicyclic) bond motifs is 9. The van der Waals surface area contributed by atoms with Crippen molar-refractivity contribution in [3.05, 3.63) is 0 Å². The molecule has 12 saturated carbocycles. The zero-order valence-electron chi connectivity index (χ0n) is 41.4. The highest BCUT2D eigenvalue weighted by atomic mass is 16.6. The fourth-order valence-electron chi connectivity index (χ4n) is 16.7. The van der Waals surface area contributed by atoms with E-state index < -0.39 is 0 Å². The van der Waals surface area contributed by atoms with Gasteiger partial charge in [0.1, 0.15) is 16.8 Å². The summed E-state index contributed by atoms with van der Waals surface area (Å²) in [7, 11) is 0. The van der Waals surface area contributed by atoms with Crippen molar-refractivity contribution in [2.24, 2.45) is 98.6 Å². The lowest BCUT2D eigenvalue weighted by Gasteiger charge is -2.61. The van der Waals surface area contributed by atoms with Crippen LogP contribution >= 0.6 is 0 Å². The molecule has 7 unspecified atom stereocenters. The molecule has 0 aliphatic heterocycles. The van der Waals surface area contributed by atoms with E-state index in [1.165, 1.54) is 96.3 Å². The van der Waals surface area contributed by atoms with Crippen LogP contribution in [-0.4, -0.2) is 34.7 Å². The maximum absolute atomic E-state index is 12.6. The summed E-state index contributed by atoms with van der Waals surface area (Å²) in [6.07, 6.45) is 24.2. The van der Waals surface area contributed by atoms with Gasteiger partial charge >= 0.3 is 17.9 Å². The largest absolute Gasteiger partial charge is 0.459 e. The van der Waals surface area contributed by atoms with E-state index >= 15 is 0 Å². The fourth-order valence-corrected chi connectivity index (χ4v) is 16.7. The number of ether oxygens (including phenoxy) is 3. The SMILES string of the molecule is C.C.C.C.C.C.CCC(C)(C)C(=O)OC(C)(C)C12CC3CC(CC(C3)C1)C2.CCC(C)(C)C(=O)OC1(C)C2CC3CC(C2)CC1C3.CCC(C)(C)C(=O)OC1(C)CC2CC1C1C3CCC(C3)C21. The van der Waals surface area contributed by atoms with Crippen molar-refractivity contribution in [1.82, 2.24) is 0 Å². The van der Waals surface area contributed by atoms with Crippen LogP contribution in [0.25, 0.3) is 0 Å². The van der Waals surface area contributed by atoms with Gasteiger partial charge in [-0.1, -0.05) is 65.3 Å². The number of carbonyl (C=O) groups is 3. The number of rotatable bonds is 10. The summed E-state index contributed by atoms with van der Waals surface area (Å²) >= 11 is 0. The molecular weight excluding hydrogens is 829 g/mol.